The Labute approximate surface area is 130 Å². The van der Waals surface area contributed by atoms with E-state index in [1.54, 1.807) is 6.20 Å². The third-order valence-corrected chi connectivity index (χ3v) is 3.74. The topological polar surface area (TPSA) is 50.9 Å². The summed E-state index contributed by atoms with van der Waals surface area (Å²) in [6.07, 6.45) is 7.20. The maximum Gasteiger partial charge on any atom is 0.163 e. The molecule has 0 saturated heterocycles. The molecule has 0 aliphatic carbocycles. The van der Waals surface area contributed by atoms with Crippen LogP contribution in [0.15, 0.2) is 55.0 Å². The van der Waals surface area contributed by atoms with Crippen LogP contribution in [-0.2, 0) is 12.8 Å². The zero-order valence-electron chi connectivity index (χ0n) is 12.6. The molecule has 112 valence electrons. The number of para-hydroxylation sites is 1. The minimum Gasteiger partial charge on any atom is -0.396 e. The molecule has 1 aromatic carbocycles. The van der Waals surface area contributed by atoms with Crippen LogP contribution in [0.25, 0.3) is 17.2 Å². The van der Waals surface area contributed by atoms with Gasteiger partial charge in [0.05, 0.1) is 5.69 Å². The highest BCUT2D eigenvalue weighted by molar-refractivity contribution is 5.56. The molecular formula is C18H19N3O. The Hall–Kier alpha value is -2.46. The van der Waals surface area contributed by atoms with E-state index < -0.39 is 0 Å². The number of aromatic nitrogens is 3. The van der Waals surface area contributed by atoms with Crippen LogP contribution in [-0.4, -0.2) is 26.2 Å². The molecule has 2 aromatic heterocycles. The molecular weight excluding hydrogens is 274 g/mol. The Morgan fingerprint density at radius 3 is 2.68 bits per heavy atom. The molecule has 0 aliphatic heterocycles. The lowest BCUT2D eigenvalue weighted by Gasteiger charge is -2.12. The summed E-state index contributed by atoms with van der Waals surface area (Å²) >= 11 is 0. The van der Waals surface area contributed by atoms with E-state index in [-0.39, 0.29) is 6.61 Å². The van der Waals surface area contributed by atoms with E-state index in [0.717, 1.165) is 29.2 Å². The molecule has 0 saturated carbocycles. The third kappa shape index (κ3) is 2.78. The van der Waals surface area contributed by atoms with E-state index in [4.69, 9.17) is 0 Å². The highest BCUT2D eigenvalue weighted by Gasteiger charge is 2.11. The Morgan fingerprint density at radius 1 is 1.09 bits per heavy atom. The molecule has 3 aromatic rings. The summed E-state index contributed by atoms with van der Waals surface area (Å²) in [5.41, 5.74) is 4.18. The SMILES string of the molecule is CCc1ccc(-c2nccn2-c2ccccc2CCO)nc1. The van der Waals surface area contributed by atoms with E-state index in [9.17, 15) is 5.11 Å². The van der Waals surface area contributed by atoms with Crippen molar-refractivity contribution in [1.29, 1.82) is 0 Å². The highest BCUT2D eigenvalue weighted by atomic mass is 16.2. The van der Waals surface area contributed by atoms with Crippen LogP contribution in [0.5, 0.6) is 0 Å². The Bertz CT molecular complexity index is 747. The fraction of sp³-hybridized carbons (Fsp3) is 0.222. The van der Waals surface area contributed by atoms with Gasteiger partial charge >= 0.3 is 0 Å². The first-order chi connectivity index (χ1) is 10.8. The van der Waals surface area contributed by atoms with Crippen LogP contribution in [0, 0.1) is 0 Å². The van der Waals surface area contributed by atoms with E-state index in [0.29, 0.717) is 6.42 Å². The summed E-state index contributed by atoms with van der Waals surface area (Å²) < 4.78 is 2.03. The molecule has 2 heterocycles. The van der Waals surface area contributed by atoms with Crippen molar-refractivity contribution >= 4 is 0 Å². The predicted octanol–water partition coefficient (Wildman–Crippen LogP) is 3.03. The number of nitrogens with zero attached hydrogens (tertiary/aromatic N) is 3. The van der Waals surface area contributed by atoms with Crippen molar-refractivity contribution in [3.05, 3.63) is 66.1 Å². The number of pyridine rings is 1. The predicted molar refractivity (Wildman–Crippen MR) is 87.0 cm³/mol. The number of hydrogen-bond acceptors (Lipinski definition) is 3. The normalized spacial score (nSPS) is 10.8. The zero-order chi connectivity index (χ0) is 15.4. The third-order valence-electron chi connectivity index (χ3n) is 3.74. The molecule has 0 amide bonds. The van der Waals surface area contributed by atoms with E-state index in [1.807, 2.05) is 47.3 Å². The molecule has 0 atom stereocenters. The van der Waals surface area contributed by atoms with Crippen molar-refractivity contribution in [3.63, 3.8) is 0 Å². The van der Waals surface area contributed by atoms with Gasteiger partial charge in [-0.2, -0.15) is 0 Å². The average Bonchev–Trinajstić information content (AvgIpc) is 3.05. The number of benzene rings is 1. The smallest absolute Gasteiger partial charge is 0.163 e. The number of imidazole rings is 1. The van der Waals surface area contributed by atoms with Crippen molar-refractivity contribution in [2.45, 2.75) is 19.8 Å². The first kappa shape index (κ1) is 14.5. The number of hydrogen-bond donors (Lipinski definition) is 1. The van der Waals surface area contributed by atoms with Crippen LogP contribution >= 0.6 is 0 Å². The lowest BCUT2D eigenvalue weighted by molar-refractivity contribution is 0.299. The molecule has 4 nitrogen and oxygen atoms in total. The van der Waals surface area contributed by atoms with Gasteiger partial charge < -0.3 is 5.11 Å². The fourth-order valence-corrected chi connectivity index (χ4v) is 2.53. The van der Waals surface area contributed by atoms with Crippen molar-refractivity contribution in [1.82, 2.24) is 14.5 Å². The van der Waals surface area contributed by atoms with E-state index >= 15 is 0 Å². The largest absolute Gasteiger partial charge is 0.396 e. The summed E-state index contributed by atoms with van der Waals surface area (Å²) in [7, 11) is 0. The highest BCUT2D eigenvalue weighted by Crippen LogP contribution is 2.22. The van der Waals surface area contributed by atoms with Gasteiger partial charge in [-0.05, 0) is 36.1 Å². The Kier molecular flexibility index (Phi) is 4.30. The van der Waals surface area contributed by atoms with Crippen molar-refractivity contribution in [3.8, 4) is 17.2 Å². The fourth-order valence-electron chi connectivity index (χ4n) is 2.53. The molecule has 1 N–H and O–H groups in total. The van der Waals surface area contributed by atoms with Gasteiger partial charge in [-0.3, -0.25) is 9.55 Å². The lowest BCUT2D eigenvalue weighted by atomic mass is 10.1. The van der Waals surface area contributed by atoms with Crippen molar-refractivity contribution in [2.75, 3.05) is 6.61 Å². The molecule has 0 bridgehead atoms. The summed E-state index contributed by atoms with van der Waals surface area (Å²) in [6, 6.07) is 12.1. The van der Waals surface area contributed by atoms with E-state index in [1.165, 1.54) is 5.56 Å². The molecule has 0 fully saturated rings. The van der Waals surface area contributed by atoms with Crippen LogP contribution in [0.2, 0.25) is 0 Å². The Morgan fingerprint density at radius 2 is 1.95 bits per heavy atom. The van der Waals surface area contributed by atoms with Gasteiger partial charge in [-0.1, -0.05) is 31.2 Å². The number of aliphatic hydroxyl groups is 1. The minimum absolute atomic E-state index is 0.129. The first-order valence-electron chi connectivity index (χ1n) is 7.51. The van der Waals surface area contributed by atoms with Gasteiger partial charge in [0, 0.05) is 25.2 Å². The molecule has 3 rings (SSSR count). The second-order valence-electron chi connectivity index (χ2n) is 5.13. The van der Waals surface area contributed by atoms with Gasteiger partial charge in [-0.15, -0.1) is 0 Å². The molecule has 0 spiro atoms. The summed E-state index contributed by atoms with van der Waals surface area (Å²) in [5, 5.41) is 9.25. The second-order valence-corrected chi connectivity index (χ2v) is 5.13. The molecule has 0 radical (unpaired) electrons. The Balaban J connectivity index is 2.05. The lowest BCUT2D eigenvalue weighted by Crippen LogP contribution is -2.03. The average molecular weight is 293 g/mol. The molecule has 0 aliphatic rings. The molecule has 22 heavy (non-hydrogen) atoms. The van der Waals surface area contributed by atoms with Crippen molar-refractivity contribution in [2.24, 2.45) is 0 Å². The van der Waals surface area contributed by atoms with Gasteiger partial charge in [0.15, 0.2) is 5.82 Å². The summed E-state index contributed by atoms with van der Waals surface area (Å²) in [4.78, 5) is 8.98. The number of aliphatic hydroxyl groups excluding tert-OH is 1. The molecule has 0 unspecified atom stereocenters. The van der Waals surface area contributed by atoms with Gasteiger partial charge in [0.2, 0.25) is 0 Å². The van der Waals surface area contributed by atoms with Crippen molar-refractivity contribution < 1.29 is 5.11 Å². The van der Waals surface area contributed by atoms with Crippen LogP contribution < -0.4 is 0 Å². The maximum absolute atomic E-state index is 9.25. The molecule has 4 heteroatoms. The van der Waals surface area contributed by atoms with Crippen LogP contribution in [0.1, 0.15) is 18.1 Å². The quantitative estimate of drug-likeness (QED) is 0.786. The van der Waals surface area contributed by atoms with Gasteiger partial charge in [0.25, 0.3) is 0 Å². The second kappa shape index (κ2) is 6.54. The van der Waals surface area contributed by atoms with Crippen LogP contribution in [0.4, 0.5) is 0 Å². The van der Waals surface area contributed by atoms with Gasteiger partial charge in [0.1, 0.15) is 5.69 Å². The minimum atomic E-state index is 0.129. The van der Waals surface area contributed by atoms with Gasteiger partial charge in [-0.25, -0.2) is 4.98 Å². The zero-order valence-corrected chi connectivity index (χ0v) is 12.6. The number of rotatable bonds is 5. The van der Waals surface area contributed by atoms with E-state index in [2.05, 4.69) is 23.0 Å². The summed E-state index contributed by atoms with van der Waals surface area (Å²) in [5.74, 6) is 0.813. The standard InChI is InChI=1S/C18H19N3O/c1-2-14-7-8-16(20-13-14)18-19-10-11-21(18)17-6-4-3-5-15(17)9-12-22/h3-8,10-11,13,22H,2,9,12H2,1H3. The monoisotopic (exact) mass is 293 g/mol. The van der Waals surface area contributed by atoms with Crippen LogP contribution in [0.3, 0.4) is 0 Å². The first-order valence-corrected chi connectivity index (χ1v) is 7.51. The summed E-state index contributed by atoms with van der Waals surface area (Å²) in [6.45, 7) is 2.24. The maximum atomic E-state index is 9.25. The number of aryl methyl sites for hydroxylation is 1.